The van der Waals surface area contributed by atoms with Gasteiger partial charge in [0.15, 0.2) is 0 Å². The zero-order chi connectivity index (χ0) is 16.4. The maximum atomic E-state index is 12.7. The van der Waals surface area contributed by atoms with Crippen LogP contribution in [0.3, 0.4) is 0 Å². The molecule has 0 saturated carbocycles. The second kappa shape index (κ2) is 6.32. The predicted molar refractivity (Wildman–Crippen MR) is 89.5 cm³/mol. The van der Waals surface area contributed by atoms with Crippen LogP contribution in [0.5, 0.6) is 0 Å². The molecule has 23 heavy (non-hydrogen) atoms. The summed E-state index contributed by atoms with van der Waals surface area (Å²) in [5, 5.41) is 3.44. The molecule has 1 N–H and O–H groups in total. The molecule has 2 aliphatic rings. The molecule has 0 bridgehead atoms. The van der Waals surface area contributed by atoms with E-state index in [9.17, 15) is 9.59 Å². The first kappa shape index (κ1) is 16.0. The van der Waals surface area contributed by atoms with Crippen molar-refractivity contribution in [1.29, 1.82) is 0 Å². The van der Waals surface area contributed by atoms with Gasteiger partial charge in [0.2, 0.25) is 0 Å². The topological polar surface area (TPSA) is 52.7 Å². The SMILES string of the molecule is CN(C)C(=O)c1cccc(C(=O)N2CCC3(CCNC3)CC2)c1. The number of nitrogens with zero attached hydrogens (tertiary/aromatic N) is 2. The molecule has 1 spiro atoms. The van der Waals surface area contributed by atoms with E-state index >= 15 is 0 Å². The Morgan fingerprint density at radius 2 is 1.83 bits per heavy atom. The molecule has 3 rings (SSSR count). The fourth-order valence-electron chi connectivity index (χ4n) is 3.63. The van der Waals surface area contributed by atoms with E-state index in [1.165, 1.54) is 11.3 Å². The van der Waals surface area contributed by atoms with Crippen molar-refractivity contribution in [3.63, 3.8) is 0 Å². The molecule has 1 aromatic carbocycles. The van der Waals surface area contributed by atoms with Gasteiger partial charge in [0.1, 0.15) is 0 Å². The number of hydrogen-bond donors (Lipinski definition) is 1. The molecule has 2 fully saturated rings. The van der Waals surface area contributed by atoms with Crippen molar-refractivity contribution in [2.24, 2.45) is 5.41 Å². The van der Waals surface area contributed by atoms with Crippen LogP contribution < -0.4 is 5.32 Å². The molecule has 2 amide bonds. The molecule has 0 unspecified atom stereocenters. The Kier molecular flexibility index (Phi) is 4.39. The third-order valence-corrected chi connectivity index (χ3v) is 5.21. The standard InChI is InChI=1S/C18H25N3O2/c1-20(2)16(22)14-4-3-5-15(12-14)17(23)21-10-7-18(8-11-21)6-9-19-13-18/h3-5,12,19H,6-11,13H2,1-2H3. The van der Waals surface area contributed by atoms with Gasteiger partial charge in [0, 0.05) is 44.9 Å². The summed E-state index contributed by atoms with van der Waals surface area (Å²) in [6, 6.07) is 7.06. The van der Waals surface area contributed by atoms with Gasteiger partial charge in [0.05, 0.1) is 0 Å². The minimum absolute atomic E-state index is 0.0409. The Morgan fingerprint density at radius 3 is 2.43 bits per heavy atom. The van der Waals surface area contributed by atoms with Crippen LogP contribution in [0.2, 0.25) is 0 Å². The number of piperidine rings is 1. The highest BCUT2D eigenvalue weighted by molar-refractivity contribution is 5.99. The lowest BCUT2D eigenvalue weighted by molar-refractivity contribution is 0.0607. The van der Waals surface area contributed by atoms with Crippen molar-refractivity contribution < 1.29 is 9.59 Å². The Morgan fingerprint density at radius 1 is 1.13 bits per heavy atom. The van der Waals surface area contributed by atoms with Gasteiger partial charge in [-0.1, -0.05) is 6.07 Å². The summed E-state index contributed by atoms with van der Waals surface area (Å²) in [7, 11) is 3.44. The number of carbonyl (C=O) groups is 2. The summed E-state index contributed by atoms with van der Waals surface area (Å²) in [4.78, 5) is 28.3. The number of nitrogens with one attached hydrogen (secondary N) is 1. The number of carbonyl (C=O) groups excluding carboxylic acids is 2. The minimum Gasteiger partial charge on any atom is -0.345 e. The zero-order valence-electron chi connectivity index (χ0n) is 14.0. The third-order valence-electron chi connectivity index (χ3n) is 5.21. The molecule has 5 nitrogen and oxygen atoms in total. The molecule has 2 aliphatic heterocycles. The first-order valence-electron chi connectivity index (χ1n) is 8.33. The summed E-state index contributed by atoms with van der Waals surface area (Å²) in [5.74, 6) is -0.0338. The zero-order valence-corrected chi connectivity index (χ0v) is 14.0. The molecule has 0 aliphatic carbocycles. The lowest BCUT2D eigenvalue weighted by atomic mass is 9.78. The number of benzene rings is 1. The van der Waals surface area contributed by atoms with Crippen molar-refractivity contribution in [2.75, 3.05) is 40.3 Å². The van der Waals surface area contributed by atoms with E-state index in [1.54, 1.807) is 38.4 Å². The molecule has 1 aromatic rings. The number of likely N-dealkylation sites (tertiary alicyclic amines) is 1. The normalized spacial score (nSPS) is 19.8. The first-order chi connectivity index (χ1) is 11.0. The van der Waals surface area contributed by atoms with Crippen molar-refractivity contribution in [2.45, 2.75) is 19.3 Å². The molecule has 0 aromatic heterocycles. The van der Waals surface area contributed by atoms with E-state index in [4.69, 9.17) is 0 Å². The van der Waals surface area contributed by atoms with Crippen LogP contribution in [0, 0.1) is 5.41 Å². The number of rotatable bonds is 2. The second-order valence-electron chi connectivity index (χ2n) is 7.00. The molecule has 5 heteroatoms. The maximum Gasteiger partial charge on any atom is 0.253 e. The Labute approximate surface area is 137 Å². The van der Waals surface area contributed by atoms with Crippen molar-refractivity contribution in [1.82, 2.24) is 15.1 Å². The van der Waals surface area contributed by atoms with E-state index in [0.717, 1.165) is 39.0 Å². The largest absolute Gasteiger partial charge is 0.345 e. The fourth-order valence-corrected chi connectivity index (χ4v) is 3.63. The average molecular weight is 315 g/mol. The highest BCUT2D eigenvalue weighted by atomic mass is 16.2. The minimum atomic E-state index is -0.0747. The molecule has 0 atom stereocenters. The third kappa shape index (κ3) is 3.24. The fraction of sp³-hybridized carbons (Fsp3) is 0.556. The highest BCUT2D eigenvalue weighted by Gasteiger charge is 2.38. The van der Waals surface area contributed by atoms with Crippen LogP contribution in [0.15, 0.2) is 24.3 Å². The van der Waals surface area contributed by atoms with Gasteiger partial charge in [-0.05, 0) is 49.4 Å². The average Bonchev–Trinajstić information content (AvgIpc) is 3.02. The van der Waals surface area contributed by atoms with Crippen molar-refractivity contribution in [3.05, 3.63) is 35.4 Å². The second-order valence-corrected chi connectivity index (χ2v) is 7.00. The monoisotopic (exact) mass is 315 g/mol. The molecular formula is C18H25N3O2. The van der Waals surface area contributed by atoms with Gasteiger partial charge in [-0.15, -0.1) is 0 Å². The Hall–Kier alpha value is -1.88. The lowest BCUT2D eigenvalue weighted by Gasteiger charge is -2.39. The summed E-state index contributed by atoms with van der Waals surface area (Å²) in [5.41, 5.74) is 1.58. The van der Waals surface area contributed by atoms with Gasteiger partial charge in [0.25, 0.3) is 11.8 Å². The summed E-state index contributed by atoms with van der Waals surface area (Å²) in [6.45, 7) is 3.81. The smallest absolute Gasteiger partial charge is 0.253 e. The van der Waals surface area contributed by atoms with Crippen LogP contribution in [-0.4, -0.2) is 61.9 Å². The Bertz CT molecular complexity index is 596. The van der Waals surface area contributed by atoms with Crippen LogP contribution >= 0.6 is 0 Å². The maximum absolute atomic E-state index is 12.7. The van der Waals surface area contributed by atoms with E-state index in [-0.39, 0.29) is 11.8 Å². The van der Waals surface area contributed by atoms with Gasteiger partial charge in [-0.3, -0.25) is 9.59 Å². The molecule has 2 heterocycles. The molecule has 2 saturated heterocycles. The quantitative estimate of drug-likeness (QED) is 0.902. The van der Waals surface area contributed by atoms with Gasteiger partial charge in [-0.2, -0.15) is 0 Å². The van der Waals surface area contributed by atoms with E-state index < -0.39 is 0 Å². The summed E-state index contributed by atoms with van der Waals surface area (Å²) >= 11 is 0. The first-order valence-corrected chi connectivity index (χ1v) is 8.33. The predicted octanol–water partition coefficient (Wildman–Crippen LogP) is 1.60. The molecule has 0 radical (unpaired) electrons. The highest BCUT2D eigenvalue weighted by Crippen LogP contribution is 2.37. The van der Waals surface area contributed by atoms with E-state index in [1.807, 2.05) is 4.90 Å². The van der Waals surface area contributed by atoms with Crippen molar-refractivity contribution >= 4 is 11.8 Å². The van der Waals surface area contributed by atoms with Gasteiger partial charge < -0.3 is 15.1 Å². The number of hydrogen-bond acceptors (Lipinski definition) is 3. The Balaban J connectivity index is 1.69. The van der Waals surface area contributed by atoms with Gasteiger partial charge in [-0.25, -0.2) is 0 Å². The van der Waals surface area contributed by atoms with Crippen LogP contribution in [0.4, 0.5) is 0 Å². The van der Waals surface area contributed by atoms with Gasteiger partial charge >= 0.3 is 0 Å². The van der Waals surface area contributed by atoms with E-state index in [0.29, 0.717) is 16.5 Å². The molecule has 124 valence electrons. The summed E-state index contributed by atoms with van der Waals surface area (Å²) in [6.07, 6.45) is 3.37. The molecular weight excluding hydrogens is 290 g/mol. The van der Waals surface area contributed by atoms with Crippen LogP contribution in [0.1, 0.15) is 40.0 Å². The van der Waals surface area contributed by atoms with E-state index in [2.05, 4.69) is 5.32 Å². The van der Waals surface area contributed by atoms with Crippen LogP contribution in [0.25, 0.3) is 0 Å². The summed E-state index contributed by atoms with van der Waals surface area (Å²) < 4.78 is 0. The van der Waals surface area contributed by atoms with Crippen LogP contribution in [-0.2, 0) is 0 Å². The van der Waals surface area contributed by atoms with Crippen molar-refractivity contribution in [3.8, 4) is 0 Å². The number of amides is 2. The lowest BCUT2D eigenvalue weighted by Crippen LogP contribution is -2.44.